The lowest BCUT2D eigenvalue weighted by Crippen LogP contribution is -2.50. The fourth-order valence-corrected chi connectivity index (χ4v) is 5.31. The highest BCUT2D eigenvalue weighted by molar-refractivity contribution is 5.85. The summed E-state index contributed by atoms with van der Waals surface area (Å²) in [4.78, 5) is 27.2. The number of rotatable bonds is 8. The molecule has 0 spiro atoms. The molecule has 5 aromatic heterocycles. The molecule has 1 amide bonds. The topological polar surface area (TPSA) is 153 Å². The van der Waals surface area contributed by atoms with E-state index >= 15 is 0 Å². The van der Waals surface area contributed by atoms with Crippen LogP contribution < -0.4 is 10.6 Å². The van der Waals surface area contributed by atoms with Crippen molar-refractivity contribution in [3.8, 4) is 5.82 Å². The maximum absolute atomic E-state index is 13.5. The van der Waals surface area contributed by atoms with Gasteiger partial charge in [0, 0.05) is 31.0 Å². The minimum atomic E-state index is -0.961. The number of nitrogens with one attached hydrogen (secondary N) is 3. The fraction of sp³-hybridized carbons (Fsp3) is 0.370. The molecule has 0 saturated heterocycles. The number of carbonyl (C=O) groups is 1. The molecule has 0 bridgehead atoms. The number of H-pyrrole nitrogens is 1. The maximum atomic E-state index is 13.5. The number of aromatic nitrogens is 9. The Bertz CT molecular complexity index is 1670. The van der Waals surface area contributed by atoms with Crippen LogP contribution in [0.2, 0.25) is 0 Å². The lowest BCUT2D eigenvalue weighted by molar-refractivity contribution is -0.148. The molecule has 1 aliphatic carbocycles. The largest absolute Gasteiger partial charge is 0.368 e. The van der Waals surface area contributed by atoms with E-state index in [9.17, 15) is 9.18 Å². The number of nitrogens with zero attached hydrogens (tertiary/aromatic N) is 8. The van der Waals surface area contributed by atoms with E-state index in [2.05, 4.69) is 41.0 Å². The summed E-state index contributed by atoms with van der Waals surface area (Å²) in [5.41, 5.74) is 2.29. The third-order valence-electron chi connectivity index (χ3n) is 7.64. The predicted octanol–water partition coefficient (Wildman–Crippen LogP) is 3.54. The zero-order valence-corrected chi connectivity index (χ0v) is 22.9. The van der Waals surface area contributed by atoms with Crippen molar-refractivity contribution in [1.82, 2.24) is 49.9 Å². The molecule has 1 saturated carbocycles. The van der Waals surface area contributed by atoms with Gasteiger partial charge >= 0.3 is 0 Å². The summed E-state index contributed by atoms with van der Waals surface area (Å²) in [7, 11) is 1.58. The van der Waals surface area contributed by atoms with E-state index in [1.807, 2.05) is 26.0 Å². The third-order valence-corrected chi connectivity index (χ3v) is 7.64. The zero-order chi connectivity index (χ0) is 28.6. The molecule has 0 aliphatic heterocycles. The molecule has 13 nitrogen and oxygen atoms in total. The predicted molar refractivity (Wildman–Crippen MR) is 146 cm³/mol. The van der Waals surface area contributed by atoms with E-state index in [4.69, 9.17) is 9.72 Å². The molecule has 0 radical (unpaired) electrons. The number of fused-ring (bicyclic) bond motifs is 1. The number of ether oxygens (including phenoxy) is 1. The maximum Gasteiger partial charge on any atom is 0.252 e. The number of hydrogen-bond donors (Lipinski definition) is 3. The number of anilines is 2. The Morgan fingerprint density at radius 1 is 1.17 bits per heavy atom. The number of amides is 1. The van der Waals surface area contributed by atoms with Gasteiger partial charge in [-0.3, -0.25) is 9.89 Å². The van der Waals surface area contributed by atoms with Crippen LogP contribution in [0.5, 0.6) is 0 Å². The lowest BCUT2D eigenvalue weighted by atomic mass is 9.76. The van der Waals surface area contributed by atoms with Crippen LogP contribution in [0.4, 0.5) is 16.0 Å². The summed E-state index contributed by atoms with van der Waals surface area (Å²) >= 11 is 0. The van der Waals surface area contributed by atoms with Crippen molar-refractivity contribution in [1.29, 1.82) is 0 Å². The van der Waals surface area contributed by atoms with Gasteiger partial charge in [0.25, 0.3) is 5.91 Å². The summed E-state index contributed by atoms with van der Waals surface area (Å²) in [5.74, 6) is 1.21. The fourth-order valence-electron chi connectivity index (χ4n) is 5.31. The highest BCUT2D eigenvalue weighted by Gasteiger charge is 2.43. The first kappa shape index (κ1) is 26.5. The lowest BCUT2D eigenvalue weighted by Gasteiger charge is -2.38. The van der Waals surface area contributed by atoms with Crippen LogP contribution >= 0.6 is 0 Å². The van der Waals surface area contributed by atoms with Crippen LogP contribution in [0, 0.1) is 12.7 Å². The summed E-state index contributed by atoms with van der Waals surface area (Å²) in [6.45, 7) is 3.82. The molecule has 5 heterocycles. The number of carbonyl (C=O) groups excluding carboxylic acids is 1. The quantitative estimate of drug-likeness (QED) is 0.259. The number of aromatic amines is 1. The molecule has 1 atom stereocenters. The summed E-state index contributed by atoms with van der Waals surface area (Å²) in [6.07, 6.45) is 9.73. The number of pyridine rings is 1. The van der Waals surface area contributed by atoms with E-state index in [1.165, 1.54) is 17.2 Å². The molecule has 14 heteroatoms. The second-order valence-electron chi connectivity index (χ2n) is 10.3. The zero-order valence-electron chi connectivity index (χ0n) is 22.9. The standard InChI is InChI=1S/C27H30FN11O2/c1-16-10-21(37-36-16)34-22-14-39-25(30-15-32-39)24(35-22)18-6-8-27(41-3,9-7-18)26(40)33-17(2)19-4-5-23(29-11-19)38-13-20(28)12-31-38/h4-5,10-15,17-18H,6-9H2,1-3H3,(H,33,40)(H2,34,36,37)/t17-,18-,27+/m0/s1. The first-order valence-corrected chi connectivity index (χ1v) is 13.4. The van der Waals surface area contributed by atoms with Gasteiger partial charge in [-0.25, -0.2) is 28.5 Å². The molecular formula is C27H30FN11O2. The molecule has 1 aliphatic rings. The molecular weight excluding hydrogens is 529 g/mol. The van der Waals surface area contributed by atoms with Gasteiger partial charge < -0.3 is 15.4 Å². The average molecular weight is 560 g/mol. The average Bonchev–Trinajstić information content (AvgIpc) is 3.74. The molecule has 6 rings (SSSR count). The first-order valence-electron chi connectivity index (χ1n) is 13.4. The van der Waals surface area contributed by atoms with Crippen LogP contribution in [0.3, 0.4) is 0 Å². The Balaban J connectivity index is 1.14. The van der Waals surface area contributed by atoms with Crippen LogP contribution in [0.1, 0.15) is 61.5 Å². The smallest absolute Gasteiger partial charge is 0.252 e. The molecule has 5 aromatic rings. The van der Waals surface area contributed by atoms with Gasteiger partial charge in [0.2, 0.25) is 0 Å². The Morgan fingerprint density at radius 3 is 2.66 bits per heavy atom. The van der Waals surface area contributed by atoms with Crippen molar-refractivity contribution < 1.29 is 13.9 Å². The van der Waals surface area contributed by atoms with E-state index in [0.29, 0.717) is 48.8 Å². The van der Waals surface area contributed by atoms with Crippen molar-refractivity contribution in [3.63, 3.8) is 0 Å². The van der Waals surface area contributed by atoms with E-state index in [-0.39, 0.29) is 17.9 Å². The number of methoxy groups -OCH3 is 1. The summed E-state index contributed by atoms with van der Waals surface area (Å²) in [6, 6.07) is 5.15. The van der Waals surface area contributed by atoms with Crippen LogP contribution in [-0.4, -0.2) is 63.2 Å². The van der Waals surface area contributed by atoms with Crippen molar-refractivity contribution in [2.24, 2.45) is 0 Å². The first-order chi connectivity index (χ1) is 19.8. The van der Waals surface area contributed by atoms with Gasteiger partial charge in [-0.05, 0) is 51.2 Å². The Morgan fingerprint density at radius 2 is 2.00 bits per heavy atom. The number of halogens is 1. The van der Waals surface area contributed by atoms with Crippen LogP contribution in [0.15, 0.2) is 49.3 Å². The molecule has 3 N–H and O–H groups in total. The summed E-state index contributed by atoms with van der Waals surface area (Å²) < 4.78 is 22.2. The van der Waals surface area contributed by atoms with Gasteiger partial charge in [-0.15, -0.1) is 0 Å². The Kier molecular flexibility index (Phi) is 6.91. The van der Waals surface area contributed by atoms with Crippen LogP contribution in [0.25, 0.3) is 11.5 Å². The summed E-state index contributed by atoms with van der Waals surface area (Å²) in [5, 5.41) is 21.7. The van der Waals surface area contributed by atoms with E-state index in [1.54, 1.807) is 30.1 Å². The van der Waals surface area contributed by atoms with Crippen molar-refractivity contribution in [3.05, 3.63) is 72.1 Å². The Labute approximate surface area is 234 Å². The highest BCUT2D eigenvalue weighted by Crippen LogP contribution is 2.41. The van der Waals surface area contributed by atoms with E-state index in [0.717, 1.165) is 23.1 Å². The van der Waals surface area contributed by atoms with Crippen molar-refractivity contribution in [2.75, 3.05) is 12.4 Å². The molecule has 212 valence electrons. The van der Waals surface area contributed by atoms with Crippen molar-refractivity contribution in [2.45, 2.75) is 57.1 Å². The van der Waals surface area contributed by atoms with Gasteiger partial charge in [0.1, 0.15) is 11.9 Å². The van der Waals surface area contributed by atoms with Gasteiger partial charge in [0.05, 0.1) is 30.3 Å². The van der Waals surface area contributed by atoms with Crippen molar-refractivity contribution >= 4 is 23.2 Å². The minimum absolute atomic E-state index is 0.0711. The second kappa shape index (κ2) is 10.7. The second-order valence-corrected chi connectivity index (χ2v) is 10.3. The number of aryl methyl sites for hydroxylation is 1. The highest BCUT2D eigenvalue weighted by atomic mass is 19.1. The minimum Gasteiger partial charge on any atom is -0.368 e. The van der Waals surface area contributed by atoms with E-state index < -0.39 is 11.4 Å². The number of hydrogen-bond acceptors (Lipinski definition) is 9. The van der Waals surface area contributed by atoms with Gasteiger partial charge in [-0.1, -0.05) is 6.07 Å². The molecule has 0 unspecified atom stereocenters. The van der Waals surface area contributed by atoms with Gasteiger partial charge in [-0.2, -0.15) is 15.3 Å². The SMILES string of the molecule is CO[C@]1(C(=O)N[C@@H](C)c2ccc(-n3cc(F)cn3)nc2)CC[C@H](c2nc(Nc3cc(C)[nH]n3)cn3ncnc23)CC1. The van der Waals surface area contributed by atoms with Gasteiger partial charge in [0.15, 0.2) is 28.9 Å². The molecule has 0 aromatic carbocycles. The monoisotopic (exact) mass is 559 g/mol. The van der Waals surface area contributed by atoms with Crippen LogP contribution in [-0.2, 0) is 9.53 Å². The molecule has 41 heavy (non-hydrogen) atoms. The Hall–Kier alpha value is -4.72. The normalized spacial score (nSPS) is 19.8. The third kappa shape index (κ3) is 5.25. The molecule has 1 fully saturated rings.